The minimum atomic E-state index is -2.71. The number of esters is 1. The van der Waals surface area contributed by atoms with Gasteiger partial charge in [-0.3, -0.25) is 19.3 Å². The first-order valence-electron chi connectivity index (χ1n) is 10.5. The van der Waals surface area contributed by atoms with Gasteiger partial charge in [-0.2, -0.15) is 0 Å². The van der Waals surface area contributed by atoms with E-state index in [0.29, 0.717) is 5.56 Å². The lowest BCUT2D eigenvalue weighted by molar-refractivity contribution is -0.153. The van der Waals surface area contributed by atoms with E-state index in [9.17, 15) is 39.6 Å². The molecule has 1 saturated carbocycles. The van der Waals surface area contributed by atoms with Gasteiger partial charge >= 0.3 is 5.97 Å². The van der Waals surface area contributed by atoms with Crippen molar-refractivity contribution in [1.82, 2.24) is 4.90 Å². The number of carbonyl (C=O) groups is 4. The molecule has 11 nitrogen and oxygen atoms in total. The van der Waals surface area contributed by atoms with Crippen molar-refractivity contribution in [1.29, 1.82) is 0 Å². The number of fused-ring (bicyclic) bond motifs is 3. The van der Waals surface area contributed by atoms with Crippen molar-refractivity contribution < 1.29 is 44.3 Å². The van der Waals surface area contributed by atoms with Gasteiger partial charge in [0.2, 0.25) is 5.78 Å². The first-order chi connectivity index (χ1) is 15.9. The second-order valence-electron chi connectivity index (χ2n) is 8.95. The Labute approximate surface area is 193 Å². The number of amides is 1. The number of ketones is 2. The van der Waals surface area contributed by atoms with Gasteiger partial charge < -0.3 is 30.9 Å². The third kappa shape index (κ3) is 2.90. The van der Waals surface area contributed by atoms with Gasteiger partial charge in [-0.05, 0) is 44.5 Å². The number of aliphatic hydroxyl groups is 3. The Balaban J connectivity index is 1.96. The molecule has 0 spiro atoms. The fraction of sp³-hybridized carbons (Fsp3) is 0.391. The van der Waals surface area contributed by atoms with Crippen molar-refractivity contribution in [2.75, 3.05) is 21.2 Å². The number of Topliss-reactive ketones (excluding diaryl/α,β-unsaturated/α-hetero) is 2. The molecule has 1 amide bonds. The van der Waals surface area contributed by atoms with E-state index in [0.717, 1.165) is 7.11 Å². The molecule has 3 aliphatic carbocycles. The van der Waals surface area contributed by atoms with Crippen LogP contribution in [-0.2, 0) is 25.5 Å². The highest BCUT2D eigenvalue weighted by molar-refractivity contribution is 6.24. The van der Waals surface area contributed by atoms with Crippen molar-refractivity contribution >= 4 is 29.2 Å². The van der Waals surface area contributed by atoms with Crippen LogP contribution in [0.2, 0.25) is 0 Å². The van der Waals surface area contributed by atoms with Crippen LogP contribution < -0.4 is 5.73 Å². The maximum Gasteiger partial charge on any atom is 0.341 e. The number of aromatic hydroxyl groups is 1. The summed E-state index contributed by atoms with van der Waals surface area (Å²) < 4.78 is 4.63. The molecule has 0 aliphatic heterocycles. The lowest BCUT2D eigenvalue weighted by Crippen LogP contribution is -2.65. The molecule has 0 radical (unpaired) electrons. The molecule has 0 saturated heterocycles. The van der Waals surface area contributed by atoms with Crippen LogP contribution in [0.3, 0.4) is 0 Å². The summed E-state index contributed by atoms with van der Waals surface area (Å²) in [6, 6.07) is 1.70. The molecular weight excluding hydrogens is 448 g/mol. The fourth-order valence-corrected chi connectivity index (χ4v) is 5.49. The van der Waals surface area contributed by atoms with Gasteiger partial charge in [0, 0.05) is 11.5 Å². The van der Waals surface area contributed by atoms with Gasteiger partial charge in [0.1, 0.15) is 28.4 Å². The average molecular weight is 472 g/mol. The molecule has 4 atom stereocenters. The molecule has 4 rings (SSSR count). The number of rotatable bonds is 3. The summed E-state index contributed by atoms with van der Waals surface area (Å²) >= 11 is 0. The zero-order valence-corrected chi connectivity index (χ0v) is 18.7. The summed E-state index contributed by atoms with van der Waals surface area (Å²) in [6.45, 7) is 0. The van der Waals surface area contributed by atoms with Gasteiger partial charge in [0.25, 0.3) is 5.91 Å². The lowest BCUT2D eigenvalue weighted by atomic mass is 9.57. The molecule has 34 heavy (non-hydrogen) atoms. The van der Waals surface area contributed by atoms with Gasteiger partial charge in [-0.15, -0.1) is 0 Å². The number of nitrogens with two attached hydrogens (primary N) is 1. The predicted octanol–water partition coefficient (Wildman–Crippen LogP) is -0.249. The number of aliphatic hydroxyl groups excluding tert-OH is 2. The van der Waals surface area contributed by atoms with Crippen LogP contribution in [0.4, 0.5) is 0 Å². The number of benzene rings is 1. The van der Waals surface area contributed by atoms with Crippen molar-refractivity contribution in [3.05, 3.63) is 45.7 Å². The number of hydrogen-bond donors (Lipinski definition) is 5. The summed E-state index contributed by atoms with van der Waals surface area (Å²) in [5, 5.41) is 44.0. The Hall–Kier alpha value is -3.70. The van der Waals surface area contributed by atoms with Crippen LogP contribution in [0.1, 0.15) is 27.9 Å². The number of primary amides is 1. The summed E-state index contributed by atoms with van der Waals surface area (Å²) in [4.78, 5) is 52.0. The lowest BCUT2D eigenvalue weighted by Gasteiger charge is -2.50. The Bertz CT molecular complexity index is 1230. The summed E-state index contributed by atoms with van der Waals surface area (Å²) in [7, 11) is 4.17. The van der Waals surface area contributed by atoms with Crippen LogP contribution in [-0.4, -0.2) is 81.6 Å². The number of phenolic OH excluding ortho intramolecular Hbond substituents is 1. The number of ether oxygens (including phenoxy) is 1. The Kier molecular flexibility index (Phi) is 5.29. The molecular formula is C23H24N2O9. The summed E-state index contributed by atoms with van der Waals surface area (Å²) in [5.41, 5.74) is 1.45. The van der Waals surface area contributed by atoms with E-state index in [1.54, 1.807) is 0 Å². The number of carbonyl (C=O) groups excluding carboxylic acids is 4. The molecule has 0 aromatic heterocycles. The zero-order valence-electron chi connectivity index (χ0n) is 18.7. The molecule has 0 bridgehead atoms. The predicted molar refractivity (Wildman–Crippen MR) is 116 cm³/mol. The monoisotopic (exact) mass is 472 g/mol. The number of likely N-dealkylation sites (N-methyl/N-ethyl adjacent to an activating group) is 1. The van der Waals surface area contributed by atoms with Crippen molar-refractivity contribution in [2.45, 2.75) is 24.5 Å². The number of nitrogens with zero attached hydrogens (tertiary/aromatic N) is 1. The highest BCUT2D eigenvalue weighted by Gasteiger charge is 2.64. The van der Waals surface area contributed by atoms with Crippen LogP contribution in [0.25, 0.3) is 5.76 Å². The third-order valence-corrected chi connectivity index (χ3v) is 7.00. The highest BCUT2D eigenvalue weighted by Crippen LogP contribution is 2.52. The molecule has 1 aromatic rings. The molecule has 1 fully saturated rings. The number of methoxy groups -OCH3 is 1. The topological polar surface area (TPSA) is 188 Å². The van der Waals surface area contributed by atoms with E-state index in [1.165, 1.54) is 31.1 Å². The van der Waals surface area contributed by atoms with Crippen molar-refractivity contribution in [2.24, 2.45) is 17.6 Å². The molecule has 4 unspecified atom stereocenters. The third-order valence-electron chi connectivity index (χ3n) is 7.00. The fourth-order valence-electron chi connectivity index (χ4n) is 5.49. The van der Waals surface area contributed by atoms with Crippen LogP contribution in [0.15, 0.2) is 29.0 Å². The van der Waals surface area contributed by atoms with Crippen LogP contribution in [0, 0.1) is 11.8 Å². The summed E-state index contributed by atoms with van der Waals surface area (Å²) in [5.74, 6) is -8.33. The molecule has 180 valence electrons. The van der Waals surface area contributed by atoms with Gasteiger partial charge in [-0.1, -0.05) is 6.07 Å². The second-order valence-corrected chi connectivity index (χ2v) is 8.95. The molecule has 1 aromatic carbocycles. The minimum Gasteiger partial charge on any atom is -0.508 e. The van der Waals surface area contributed by atoms with Crippen molar-refractivity contribution in [3.8, 4) is 5.75 Å². The molecule has 3 aliphatic rings. The first-order valence-corrected chi connectivity index (χ1v) is 10.5. The maximum absolute atomic E-state index is 13.7. The quantitative estimate of drug-likeness (QED) is 0.290. The van der Waals surface area contributed by atoms with Gasteiger partial charge in [-0.25, -0.2) is 4.79 Å². The van der Waals surface area contributed by atoms with E-state index in [2.05, 4.69) is 4.74 Å². The Morgan fingerprint density at radius 3 is 2.38 bits per heavy atom. The van der Waals surface area contributed by atoms with E-state index < -0.39 is 69.8 Å². The number of hydrogen-bond acceptors (Lipinski definition) is 10. The van der Waals surface area contributed by atoms with Crippen LogP contribution >= 0.6 is 0 Å². The Morgan fingerprint density at radius 2 is 1.82 bits per heavy atom. The number of phenols is 1. The smallest absolute Gasteiger partial charge is 0.341 e. The average Bonchev–Trinajstić information content (AvgIpc) is 2.75. The van der Waals surface area contributed by atoms with Crippen molar-refractivity contribution in [3.63, 3.8) is 0 Å². The minimum absolute atomic E-state index is 0.00865. The van der Waals surface area contributed by atoms with Gasteiger partial charge in [0.05, 0.1) is 18.7 Å². The first kappa shape index (κ1) is 23.5. The zero-order chi connectivity index (χ0) is 25.3. The SMILES string of the molecule is COC(=O)c1ccc2c(c1O)C(O)=C1C(=O)C3(O)C(O)=C(C(N)=O)C(=O)C(N(C)C)C3CC1C2. The standard InChI is InChI=1S/C23H24N2O9/c1-25(2)15-11-7-9-6-8-4-5-10(22(32)34-3)16(26)12(8)17(27)13(9)19(29)23(11,33)20(30)14(18(15)28)21(24)31/h4-5,9,11,15,26-27,30,33H,6-7H2,1-3H3,(H2,24,31). The molecule has 6 N–H and O–H groups in total. The molecule has 11 heteroatoms. The highest BCUT2D eigenvalue weighted by atomic mass is 16.5. The molecule has 0 heterocycles. The van der Waals surface area contributed by atoms with E-state index in [4.69, 9.17) is 5.73 Å². The van der Waals surface area contributed by atoms with Gasteiger partial charge in [0.15, 0.2) is 11.4 Å². The normalized spacial score (nSPS) is 28.4. The summed E-state index contributed by atoms with van der Waals surface area (Å²) in [6.07, 6.45) is 0.134. The van der Waals surface area contributed by atoms with E-state index in [1.807, 2.05) is 0 Å². The van der Waals surface area contributed by atoms with E-state index in [-0.39, 0.29) is 29.5 Å². The Morgan fingerprint density at radius 1 is 1.18 bits per heavy atom. The largest absolute Gasteiger partial charge is 0.508 e. The maximum atomic E-state index is 13.7. The second kappa shape index (κ2) is 7.67. The van der Waals surface area contributed by atoms with E-state index >= 15 is 0 Å². The van der Waals surface area contributed by atoms with Crippen LogP contribution in [0.5, 0.6) is 5.75 Å².